The lowest BCUT2D eigenvalue weighted by Gasteiger charge is -2.06. The zero-order chi connectivity index (χ0) is 19.5. The van der Waals surface area contributed by atoms with Crippen LogP contribution in [0.15, 0.2) is 83.5 Å². The molecule has 0 bridgehead atoms. The Kier molecular flexibility index (Phi) is 4.83. The van der Waals surface area contributed by atoms with Gasteiger partial charge >= 0.3 is 0 Å². The molecule has 28 heavy (non-hydrogen) atoms. The van der Waals surface area contributed by atoms with Gasteiger partial charge in [-0.3, -0.25) is 4.79 Å². The highest BCUT2D eigenvalue weighted by Crippen LogP contribution is 2.26. The van der Waals surface area contributed by atoms with E-state index in [4.69, 9.17) is 16.3 Å². The van der Waals surface area contributed by atoms with E-state index >= 15 is 0 Å². The van der Waals surface area contributed by atoms with E-state index in [1.165, 1.54) is 6.07 Å². The first-order valence-electron chi connectivity index (χ1n) is 8.52. The summed E-state index contributed by atoms with van der Waals surface area (Å²) in [5.74, 6) is 1.26. The molecule has 3 aromatic rings. The summed E-state index contributed by atoms with van der Waals surface area (Å²) in [5.41, 5.74) is 1.36. The molecule has 0 spiro atoms. The minimum absolute atomic E-state index is 0.0111. The predicted molar refractivity (Wildman–Crippen MR) is 109 cm³/mol. The van der Waals surface area contributed by atoms with Gasteiger partial charge in [0.1, 0.15) is 28.8 Å². The third kappa shape index (κ3) is 3.89. The first-order valence-corrected chi connectivity index (χ1v) is 8.90. The SMILES string of the molecule is O=C1NC(c2cc(Cl)ccc2O)=NC1=Cc1cccc(Oc2ccccc2)c1. The number of amidine groups is 1. The van der Waals surface area contributed by atoms with Crippen LogP contribution in [-0.4, -0.2) is 16.8 Å². The van der Waals surface area contributed by atoms with Crippen LogP contribution in [-0.2, 0) is 4.79 Å². The lowest BCUT2D eigenvalue weighted by molar-refractivity contribution is -0.115. The van der Waals surface area contributed by atoms with Crippen molar-refractivity contribution in [3.63, 3.8) is 0 Å². The molecule has 6 heteroatoms. The molecule has 1 amide bonds. The Morgan fingerprint density at radius 3 is 2.57 bits per heavy atom. The number of ether oxygens (including phenoxy) is 1. The molecule has 138 valence electrons. The summed E-state index contributed by atoms with van der Waals surface area (Å²) < 4.78 is 5.82. The van der Waals surface area contributed by atoms with Crippen LogP contribution in [0.5, 0.6) is 17.2 Å². The minimum Gasteiger partial charge on any atom is -0.507 e. The van der Waals surface area contributed by atoms with E-state index in [1.54, 1.807) is 18.2 Å². The molecule has 1 aliphatic heterocycles. The van der Waals surface area contributed by atoms with Crippen molar-refractivity contribution in [2.45, 2.75) is 0 Å². The van der Waals surface area contributed by atoms with Crippen molar-refractivity contribution in [3.05, 3.63) is 94.6 Å². The lowest BCUT2D eigenvalue weighted by atomic mass is 10.2. The van der Waals surface area contributed by atoms with Crippen molar-refractivity contribution in [1.82, 2.24) is 5.32 Å². The highest BCUT2D eigenvalue weighted by molar-refractivity contribution is 6.31. The number of aliphatic imine (C=N–C) groups is 1. The van der Waals surface area contributed by atoms with Gasteiger partial charge in [-0.1, -0.05) is 41.9 Å². The van der Waals surface area contributed by atoms with Crippen LogP contribution < -0.4 is 10.1 Å². The lowest BCUT2D eigenvalue weighted by Crippen LogP contribution is -2.24. The van der Waals surface area contributed by atoms with E-state index in [9.17, 15) is 9.90 Å². The molecule has 0 atom stereocenters. The number of aromatic hydroxyl groups is 1. The maximum absolute atomic E-state index is 12.3. The zero-order valence-corrected chi connectivity index (χ0v) is 15.4. The van der Waals surface area contributed by atoms with E-state index in [-0.39, 0.29) is 23.2 Å². The number of para-hydroxylation sites is 1. The number of carbonyl (C=O) groups excluding carboxylic acids is 1. The van der Waals surface area contributed by atoms with Gasteiger partial charge in [0.25, 0.3) is 5.91 Å². The second-order valence-corrected chi connectivity index (χ2v) is 6.53. The van der Waals surface area contributed by atoms with Crippen LogP contribution in [0.3, 0.4) is 0 Å². The fourth-order valence-electron chi connectivity index (χ4n) is 2.74. The monoisotopic (exact) mass is 390 g/mol. The molecule has 0 radical (unpaired) electrons. The Balaban J connectivity index is 1.62. The van der Waals surface area contributed by atoms with Crippen molar-refractivity contribution in [2.24, 2.45) is 4.99 Å². The van der Waals surface area contributed by atoms with Crippen LogP contribution >= 0.6 is 11.6 Å². The summed E-state index contributed by atoms with van der Waals surface area (Å²) in [4.78, 5) is 16.6. The van der Waals surface area contributed by atoms with Gasteiger partial charge in [0.15, 0.2) is 0 Å². The van der Waals surface area contributed by atoms with Gasteiger partial charge in [-0.2, -0.15) is 0 Å². The molecule has 4 rings (SSSR count). The number of benzene rings is 3. The molecule has 5 nitrogen and oxygen atoms in total. The molecule has 0 saturated heterocycles. The third-order valence-electron chi connectivity index (χ3n) is 4.05. The number of hydrogen-bond acceptors (Lipinski definition) is 4. The number of rotatable bonds is 4. The van der Waals surface area contributed by atoms with Crippen LogP contribution in [0.25, 0.3) is 6.08 Å². The van der Waals surface area contributed by atoms with Gasteiger partial charge in [-0.15, -0.1) is 0 Å². The van der Waals surface area contributed by atoms with Gasteiger partial charge < -0.3 is 15.2 Å². The van der Waals surface area contributed by atoms with Crippen LogP contribution in [0, 0.1) is 0 Å². The molecule has 0 aromatic heterocycles. The number of phenolic OH excluding ortho intramolecular Hbond substituents is 1. The Morgan fingerprint density at radius 1 is 0.964 bits per heavy atom. The smallest absolute Gasteiger partial charge is 0.275 e. The van der Waals surface area contributed by atoms with Crippen molar-refractivity contribution in [1.29, 1.82) is 0 Å². The van der Waals surface area contributed by atoms with Gasteiger partial charge in [-0.05, 0) is 54.1 Å². The molecule has 0 unspecified atom stereocenters. The molecule has 1 aliphatic rings. The predicted octanol–water partition coefficient (Wildman–Crippen LogP) is 4.76. The van der Waals surface area contributed by atoms with E-state index < -0.39 is 0 Å². The number of nitrogens with one attached hydrogen (secondary N) is 1. The first-order chi connectivity index (χ1) is 13.6. The second-order valence-electron chi connectivity index (χ2n) is 6.09. The average molecular weight is 391 g/mol. The Hall–Kier alpha value is -3.57. The fraction of sp³-hybridized carbons (Fsp3) is 0. The van der Waals surface area contributed by atoms with Crippen LogP contribution in [0.1, 0.15) is 11.1 Å². The van der Waals surface area contributed by atoms with Crippen molar-refractivity contribution < 1.29 is 14.6 Å². The number of hydrogen-bond donors (Lipinski definition) is 2. The van der Waals surface area contributed by atoms with Crippen molar-refractivity contribution >= 4 is 29.4 Å². The second kappa shape index (κ2) is 7.58. The molecule has 0 fully saturated rings. The molecular weight excluding hydrogens is 376 g/mol. The van der Waals surface area contributed by atoms with Crippen LogP contribution in [0.4, 0.5) is 0 Å². The van der Waals surface area contributed by atoms with Crippen LogP contribution in [0.2, 0.25) is 5.02 Å². The van der Waals surface area contributed by atoms with Gasteiger partial charge in [-0.25, -0.2) is 4.99 Å². The summed E-state index contributed by atoms with van der Waals surface area (Å²) in [6, 6.07) is 21.3. The number of halogens is 1. The minimum atomic E-state index is -0.358. The first kappa shape index (κ1) is 17.8. The summed E-state index contributed by atoms with van der Waals surface area (Å²) in [6.07, 6.45) is 1.65. The molecule has 1 heterocycles. The fourth-order valence-corrected chi connectivity index (χ4v) is 2.92. The number of amides is 1. The molecule has 0 saturated carbocycles. The number of phenols is 1. The summed E-state index contributed by atoms with van der Waals surface area (Å²) in [5, 5.41) is 13.1. The van der Waals surface area contributed by atoms with Gasteiger partial charge in [0.05, 0.1) is 5.56 Å². The quantitative estimate of drug-likeness (QED) is 0.631. The van der Waals surface area contributed by atoms with E-state index in [0.29, 0.717) is 16.3 Å². The summed E-state index contributed by atoms with van der Waals surface area (Å²) in [7, 11) is 0. The number of nitrogens with zero attached hydrogens (tertiary/aromatic N) is 1. The van der Waals surface area contributed by atoms with Gasteiger partial charge in [0, 0.05) is 5.02 Å². The highest BCUT2D eigenvalue weighted by atomic mass is 35.5. The van der Waals surface area contributed by atoms with Crippen molar-refractivity contribution in [3.8, 4) is 17.2 Å². The highest BCUT2D eigenvalue weighted by Gasteiger charge is 2.23. The number of carbonyl (C=O) groups is 1. The molecule has 0 aliphatic carbocycles. The molecule has 3 aromatic carbocycles. The maximum atomic E-state index is 12.3. The topological polar surface area (TPSA) is 70.9 Å². The van der Waals surface area contributed by atoms with E-state index in [2.05, 4.69) is 10.3 Å². The standard InChI is InChI=1S/C22H15ClN2O3/c23-15-9-10-20(26)18(13-15)21-24-19(22(27)25-21)12-14-5-4-8-17(11-14)28-16-6-2-1-3-7-16/h1-13,26H,(H,24,25,27). The maximum Gasteiger partial charge on any atom is 0.275 e. The summed E-state index contributed by atoms with van der Waals surface area (Å²) >= 11 is 5.97. The molecular formula is C22H15ClN2O3. The van der Waals surface area contributed by atoms with Crippen molar-refractivity contribution in [2.75, 3.05) is 0 Å². The van der Waals surface area contributed by atoms with Gasteiger partial charge in [0.2, 0.25) is 0 Å². The largest absolute Gasteiger partial charge is 0.507 e. The average Bonchev–Trinajstić information content (AvgIpc) is 3.05. The third-order valence-corrected chi connectivity index (χ3v) is 4.29. The van der Waals surface area contributed by atoms with E-state index in [1.807, 2.05) is 54.6 Å². The van der Waals surface area contributed by atoms with E-state index in [0.717, 1.165) is 11.3 Å². The summed E-state index contributed by atoms with van der Waals surface area (Å²) in [6.45, 7) is 0. The Morgan fingerprint density at radius 2 is 1.75 bits per heavy atom. The molecule has 2 N–H and O–H groups in total. The normalized spacial score (nSPS) is 14.7. The Bertz CT molecular complexity index is 1110. The Labute approximate surface area is 166 Å². The zero-order valence-electron chi connectivity index (χ0n) is 14.6.